The third kappa shape index (κ3) is 3.79. The molecule has 1 heterocycles. The zero-order chi connectivity index (χ0) is 14.5. The summed E-state index contributed by atoms with van der Waals surface area (Å²) in [6.45, 7) is 4.15. The molecule has 1 unspecified atom stereocenters. The smallest absolute Gasteiger partial charge is 0.138 e. The molecule has 2 aromatic rings. The summed E-state index contributed by atoms with van der Waals surface area (Å²) >= 11 is 6.07. The summed E-state index contributed by atoms with van der Waals surface area (Å²) < 4.78 is 14.8. The van der Waals surface area contributed by atoms with Gasteiger partial charge in [-0.25, -0.2) is 14.1 Å². The van der Waals surface area contributed by atoms with Crippen LogP contribution in [0.5, 0.6) is 0 Å². The van der Waals surface area contributed by atoms with E-state index in [1.54, 1.807) is 6.33 Å². The molecule has 2 rings (SSSR count). The van der Waals surface area contributed by atoms with Gasteiger partial charge in [0.2, 0.25) is 0 Å². The predicted octanol–water partition coefficient (Wildman–Crippen LogP) is 3.64. The first-order chi connectivity index (χ1) is 9.60. The van der Waals surface area contributed by atoms with Gasteiger partial charge in [-0.3, -0.25) is 0 Å². The van der Waals surface area contributed by atoms with Crippen LogP contribution < -0.4 is 0 Å². The van der Waals surface area contributed by atoms with Crippen LogP contribution in [-0.4, -0.2) is 20.6 Å². The SMILES string of the molecule is CC(C)n1ncnc1CC(CCl)Cc1ccc(F)cc1. The molecular weight excluding hydrogens is 277 g/mol. The van der Waals surface area contributed by atoms with Gasteiger partial charge >= 0.3 is 0 Å². The molecule has 0 saturated heterocycles. The van der Waals surface area contributed by atoms with Gasteiger partial charge in [0.05, 0.1) is 0 Å². The highest BCUT2D eigenvalue weighted by molar-refractivity contribution is 6.18. The molecule has 0 aliphatic heterocycles. The summed E-state index contributed by atoms with van der Waals surface area (Å²) in [6, 6.07) is 6.87. The van der Waals surface area contributed by atoms with Crippen molar-refractivity contribution >= 4 is 11.6 Å². The van der Waals surface area contributed by atoms with Crippen molar-refractivity contribution in [3.63, 3.8) is 0 Å². The Bertz CT molecular complexity index is 536. The maximum atomic E-state index is 12.9. The molecule has 0 radical (unpaired) electrons. The normalized spacial score (nSPS) is 12.8. The average molecular weight is 296 g/mol. The number of alkyl halides is 1. The van der Waals surface area contributed by atoms with Gasteiger partial charge in [0.15, 0.2) is 0 Å². The predicted molar refractivity (Wildman–Crippen MR) is 78.4 cm³/mol. The second-order valence-electron chi connectivity index (χ2n) is 5.27. The van der Waals surface area contributed by atoms with Gasteiger partial charge in [0.1, 0.15) is 18.0 Å². The summed E-state index contributed by atoms with van der Waals surface area (Å²) in [5.41, 5.74) is 1.09. The Morgan fingerprint density at radius 2 is 1.90 bits per heavy atom. The Labute approximate surface area is 123 Å². The molecule has 0 spiro atoms. The van der Waals surface area contributed by atoms with Crippen LogP contribution in [0.4, 0.5) is 4.39 Å². The Kier molecular flexibility index (Phi) is 5.12. The maximum absolute atomic E-state index is 12.9. The Morgan fingerprint density at radius 3 is 2.50 bits per heavy atom. The third-order valence-corrected chi connectivity index (χ3v) is 3.70. The van der Waals surface area contributed by atoms with Crippen LogP contribution in [0.3, 0.4) is 0 Å². The molecule has 1 atom stereocenters. The number of aromatic nitrogens is 3. The number of benzene rings is 1. The summed E-state index contributed by atoms with van der Waals surface area (Å²) in [5.74, 6) is 1.55. The van der Waals surface area contributed by atoms with Gasteiger partial charge in [0.25, 0.3) is 0 Å². The zero-order valence-electron chi connectivity index (χ0n) is 11.8. The molecule has 3 nitrogen and oxygen atoms in total. The van der Waals surface area contributed by atoms with E-state index in [2.05, 4.69) is 23.9 Å². The molecule has 0 amide bonds. The summed E-state index contributed by atoms with van der Waals surface area (Å²) in [4.78, 5) is 4.31. The van der Waals surface area contributed by atoms with E-state index in [-0.39, 0.29) is 17.8 Å². The molecule has 0 aliphatic rings. The second-order valence-corrected chi connectivity index (χ2v) is 5.58. The van der Waals surface area contributed by atoms with Crippen LogP contribution in [0.25, 0.3) is 0 Å². The van der Waals surface area contributed by atoms with Crippen molar-refractivity contribution in [2.75, 3.05) is 5.88 Å². The van der Waals surface area contributed by atoms with E-state index in [0.29, 0.717) is 5.88 Å². The maximum Gasteiger partial charge on any atom is 0.138 e. The van der Waals surface area contributed by atoms with Crippen LogP contribution in [0.15, 0.2) is 30.6 Å². The highest BCUT2D eigenvalue weighted by atomic mass is 35.5. The second kappa shape index (κ2) is 6.84. The highest BCUT2D eigenvalue weighted by Gasteiger charge is 2.15. The Hall–Kier alpha value is -1.42. The molecule has 0 bridgehead atoms. The van der Waals surface area contributed by atoms with Gasteiger partial charge < -0.3 is 0 Å². The van der Waals surface area contributed by atoms with E-state index in [1.165, 1.54) is 12.1 Å². The van der Waals surface area contributed by atoms with Crippen LogP contribution in [0.2, 0.25) is 0 Å². The standard InChI is InChI=1S/C15H19ClFN3/c1-11(2)20-15(18-10-19-20)8-13(9-16)7-12-3-5-14(17)6-4-12/h3-6,10-11,13H,7-9H2,1-2H3. The summed E-state index contributed by atoms with van der Waals surface area (Å²) in [7, 11) is 0. The quantitative estimate of drug-likeness (QED) is 0.762. The van der Waals surface area contributed by atoms with Crippen LogP contribution >= 0.6 is 11.6 Å². The zero-order valence-corrected chi connectivity index (χ0v) is 12.5. The molecule has 1 aromatic carbocycles. The third-order valence-electron chi connectivity index (χ3n) is 3.26. The average Bonchev–Trinajstić information content (AvgIpc) is 2.88. The minimum Gasteiger partial charge on any atom is -0.248 e. The number of halogens is 2. The van der Waals surface area contributed by atoms with Gasteiger partial charge in [-0.2, -0.15) is 5.10 Å². The van der Waals surface area contributed by atoms with Gasteiger partial charge in [-0.1, -0.05) is 12.1 Å². The van der Waals surface area contributed by atoms with Crippen LogP contribution in [0, 0.1) is 11.7 Å². The molecule has 5 heteroatoms. The van der Waals surface area contributed by atoms with Gasteiger partial charge in [-0.15, -0.1) is 11.6 Å². The van der Waals surface area contributed by atoms with Crippen LogP contribution in [-0.2, 0) is 12.8 Å². The fourth-order valence-corrected chi connectivity index (χ4v) is 2.46. The first-order valence-electron chi connectivity index (χ1n) is 6.79. The van der Waals surface area contributed by atoms with E-state index >= 15 is 0 Å². The van der Waals surface area contributed by atoms with Crippen molar-refractivity contribution in [1.82, 2.24) is 14.8 Å². The van der Waals surface area contributed by atoms with E-state index in [1.807, 2.05) is 16.8 Å². The molecule has 0 fully saturated rings. The minimum atomic E-state index is -0.212. The van der Waals surface area contributed by atoms with E-state index < -0.39 is 0 Å². The molecule has 20 heavy (non-hydrogen) atoms. The molecule has 0 N–H and O–H groups in total. The first-order valence-corrected chi connectivity index (χ1v) is 7.32. The van der Waals surface area contributed by atoms with Gasteiger partial charge in [-0.05, 0) is 43.9 Å². The number of hydrogen-bond acceptors (Lipinski definition) is 2. The number of rotatable bonds is 6. The van der Waals surface area contributed by atoms with Crippen molar-refractivity contribution in [3.8, 4) is 0 Å². The lowest BCUT2D eigenvalue weighted by Gasteiger charge is -2.15. The van der Waals surface area contributed by atoms with Crippen molar-refractivity contribution < 1.29 is 4.39 Å². The fourth-order valence-electron chi connectivity index (χ4n) is 2.24. The molecule has 0 saturated carbocycles. The van der Waals surface area contributed by atoms with Crippen molar-refractivity contribution in [2.24, 2.45) is 5.92 Å². The Balaban J connectivity index is 2.05. The minimum absolute atomic E-state index is 0.212. The Morgan fingerprint density at radius 1 is 1.20 bits per heavy atom. The highest BCUT2D eigenvalue weighted by Crippen LogP contribution is 2.17. The van der Waals surface area contributed by atoms with E-state index in [9.17, 15) is 4.39 Å². The lowest BCUT2D eigenvalue weighted by atomic mass is 9.97. The summed E-state index contributed by atoms with van der Waals surface area (Å²) in [5, 5.41) is 4.23. The van der Waals surface area contributed by atoms with E-state index in [4.69, 9.17) is 11.6 Å². The molecule has 1 aromatic heterocycles. The first kappa shape index (κ1) is 15.0. The number of hydrogen-bond donors (Lipinski definition) is 0. The topological polar surface area (TPSA) is 30.7 Å². The van der Waals surface area contributed by atoms with E-state index in [0.717, 1.165) is 24.2 Å². The van der Waals surface area contributed by atoms with Crippen LogP contribution in [0.1, 0.15) is 31.3 Å². The fraction of sp³-hybridized carbons (Fsp3) is 0.467. The van der Waals surface area contributed by atoms with Gasteiger partial charge in [0, 0.05) is 18.3 Å². The summed E-state index contributed by atoms with van der Waals surface area (Å²) in [6.07, 6.45) is 3.17. The monoisotopic (exact) mass is 295 g/mol. The van der Waals surface area contributed by atoms with Crippen molar-refractivity contribution in [3.05, 3.63) is 47.8 Å². The molecular formula is C15H19ClFN3. The largest absolute Gasteiger partial charge is 0.248 e. The number of nitrogens with zero attached hydrogens (tertiary/aromatic N) is 3. The lowest BCUT2D eigenvalue weighted by molar-refractivity contribution is 0.472. The molecule has 108 valence electrons. The van der Waals surface area contributed by atoms with Crippen molar-refractivity contribution in [1.29, 1.82) is 0 Å². The van der Waals surface area contributed by atoms with Crippen molar-refractivity contribution in [2.45, 2.75) is 32.7 Å². The lowest BCUT2D eigenvalue weighted by Crippen LogP contribution is -2.16. The molecule has 0 aliphatic carbocycles.